The van der Waals surface area contributed by atoms with Crippen LogP contribution < -0.4 is 19.5 Å². The zero-order valence-corrected chi connectivity index (χ0v) is 19.1. The molecular formula is C23H28N2O6S. The fourth-order valence-electron chi connectivity index (χ4n) is 3.99. The van der Waals surface area contributed by atoms with Gasteiger partial charge in [-0.3, -0.25) is 4.79 Å². The number of rotatable bonds is 7. The van der Waals surface area contributed by atoms with Crippen LogP contribution in [0.4, 0.5) is 0 Å². The van der Waals surface area contributed by atoms with Crippen molar-refractivity contribution >= 4 is 15.9 Å². The average molecular weight is 461 g/mol. The standard InChI is InChI=1S/C23H28N2O6S/c1-3-29-20-7-5-19(12-16(20)2)32(27,28)25-10-8-18(9-11-25)23(26)24-14-17-4-6-21-22(13-17)31-15-30-21/h4-7,12-13,18H,3,8-11,14-15H2,1-2H3,(H,24,26). The summed E-state index contributed by atoms with van der Waals surface area (Å²) in [5.74, 6) is 1.80. The molecule has 32 heavy (non-hydrogen) atoms. The van der Waals surface area contributed by atoms with Crippen LogP contribution in [0.25, 0.3) is 0 Å². The number of nitrogens with one attached hydrogen (secondary N) is 1. The van der Waals surface area contributed by atoms with Crippen LogP contribution in [0.3, 0.4) is 0 Å². The number of hydrogen-bond donors (Lipinski definition) is 1. The summed E-state index contributed by atoms with van der Waals surface area (Å²) in [6, 6.07) is 10.5. The van der Waals surface area contributed by atoms with Crippen LogP contribution in [0.5, 0.6) is 17.2 Å². The largest absolute Gasteiger partial charge is 0.494 e. The first-order valence-corrected chi connectivity index (χ1v) is 12.2. The number of aryl methyl sites for hydroxylation is 1. The molecule has 0 radical (unpaired) electrons. The number of benzene rings is 2. The predicted molar refractivity (Wildman–Crippen MR) is 118 cm³/mol. The number of hydrogen-bond acceptors (Lipinski definition) is 6. The van der Waals surface area contributed by atoms with E-state index in [9.17, 15) is 13.2 Å². The monoisotopic (exact) mass is 460 g/mol. The second-order valence-electron chi connectivity index (χ2n) is 7.94. The van der Waals surface area contributed by atoms with Crippen molar-refractivity contribution in [3.63, 3.8) is 0 Å². The maximum absolute atomic E-state index is 13.1. The lowest BCUT2D eigenvalue weighted by molar-refractivity contribution is -0.126. The van der Waals surface area contributed by atoms with Gasteiger partial charge in [-0.1, -0.05) is 6.07 Å². The number of carbonyl (C=O) groups excluding carboxylic acids is 1. The minimum absolute atomic E-state index is 0.0587. The van der Waals surface area contributed by atoms with Gasteiger partial charge in [0.15, 0.2) is 11.5 Å². The van der Waals surface area contributed by atoms with Crippen LogP contribution in [0.2, 0.25) is 0 Å². The van der Waals surface area contributed by atoms with Crippen molar-refractivity contribution in [1.29, 1.82) is 0 Å². The number of piperidine rings is 1. The Morgan fingerprint density at radius 2 is 1.88 bits per heavy atom. The lowest BCUT2D eigenvalue weighted by Crippen LogP contribution is -2.42. The van der Waals surface area contributed by atoms with Crippen LogP contribution in [0, 0.1) is 12.8 Å². The molecule has 2 heterocycles. The fraction of sp³-hybridized carbons (Fsp3) is 0.435. The predicted octanol–water partition coefficient (Wildman–Crippen LogP) is 2.84. The van der Waals surface area contributed by atoms with Gasteiger partial charge in [0.2, 0.25) is 22.7 Å². The summed E-state index contributed by atoms with van der Waals surface area (Å²) in [4.78, 5) is 12.9. The molecule has 2 aliphatic rings. The summed E-state index contributed by atoms with van der Waals surface area (Å²) in [7, 11) is -3.61. The van der Waals surface area contributed by atoms with Crippen LogP contribution in [-0.4, -0.2) is 45.1 Å². The second-order valence-corrected chi connectivity index (χ2v) is 9.88. The van der Waals surface area contributed by atoms with Crippen molar-refractivity contribution in [3.8, 4) is 17.2 Å². The molecule has 1 saturated heterocycles. The maximum Gasteiger partial charge on any atom is 0.243 e. The van der Waals surface area contributed by atoms with E-state index in [-0.39, 0.29) is 23.5 Å². The van der Waals surface area contributed by atoms with Crippen molar-refractivity contribution < 1.29 is 27.4 Å². The van der Waals surface area contributed by atoms with E-state index in [0.29, 0.717) is 56.3 Å². The Hall–Kier alpha value is -2.78. The highest BCUT2D eigenvalue weighted by atomic mass is 32.2. The molecule has 2 aliphatic heterocycles. The molecule has 0 saturated carbocycles. The van der Waals surface area contributed by atoms with E-state index in [0.717, 1.165) is 11.1 Å². The lowest BCUT2D eigenvalue weighted by Gasteiger charge is -2.30. The second kappa shape index (κ2) is 9.38. The molecule has 1 fully saturated rings. The minimum Gasteiger partial charge on any atom is -0.494 e. The molecule has 1 amide bonds. The Balaban J connectivity index is 1.32. The van der Waals surface area contributed by atoms with Gasteiger partial charge >= 0.3 is 0 Å². The highest BCUT2D eigenvalue weighted by Crippen LogP contribution is 2.32. The molecule has 8 nitrogen and oxygen atoms in total. The Bertz CT molecular complexity index is 1090. The summed E-state index contributed by atoms with van der Waals surface area (Å²) < 4.78 is 43.7. The molecule has 172 valence electrons. The van der Waals surface area contributed by atoms with Gasteiger partial charge in [0.25, 0.3) is 0 Å². The maximum atomic E-state index is 13.1. The minimum atomic E-state index is -3.61. The van der Waals surface area contributed by atoms with Gasteiger partial charge in [0.05, 0.1) is 11.5 Å². The number of sulfonamides is 1. The van der Waals surface area contributed by atoms with Gasteiger partial charge < -0.3 is 19.5 Å². The topological polar surface area (TPSA) is 94.2 Å². The molecule has 0 atom stereocenters. The van der Waals surface area contributed by atoms with Gasteiger partial charge in [-0.25, -0.2) is 8.42 Å². The highest BCUT2D eigenvalue weighted by molar-refractivity contribution is 7.89. The molecule has 0 spiro atoms. The van der Waals surface area contributed by atoms with Crippen LogP contribution >= 0.6 is 0 Å². The first-order valence-electron chi connectivity index (χ1n) is 10.8. The quantitative estimate of drug-likeness (QED) is 0.683. The number of amides is 1. The third kappa shape index (κ3) is 4.68. The number of nitrogens with zero attached hydrogens (tertiary/aromatic N) is 1. The van der Waals surface area contributed by atoms with Crippen LogP contribution in [-0.2, 0) is 21.4 Å². The summed E-state index contributed by atoms with van der Waals surface area (Å²) in [6.07, 6.45) is 0.977. The van der Waals surface area contributed by atoms with Gasteiger partial charge in [-0.2, -0.15) is 4.31 Å². The van der Waals surface area contributed by atoms with E-state index in [2.05, 4.69) is 5.32 Å². The molecule has 0 aromatic heterocycles. The van der Waals surface area contributed by atoms with Gasteiger partial charge in [-0.05, 0) is 68.1 Å². The molecule has 0 unspecified atom stereocenters. The first-order chi connectivity index (χ1) is 15.4. The van der Waals surface area contributed by atoms with Crippen LogP contribution in [0.15, 0.2) is 41.3 Å². The molecule has 9 heteroatoms. The van der Waals surface area contributed by atoms with Crippen molar-refractivity contribution in [2.45, 2.75) is 38.1 Å². The molecule has 0 aliphatic carbocycles. The van der Waals surface area contributed by atoms with Crippen LogP contribution in [0.1, 0.15) is 30.9 Å². The van der Waals surface area contributed by atoms with E-state index in [1.165, 1.54) is 4.31 Å². The summed E-state index contributed by atoms with van der Waals surface area (Å²) in [5.41, 5.74) is 1.71. The Morgan fingerprint density at radius 3 is 2.59 bits per heavy atom. The van der Waals surface area contributed by atoms with Crippen molar-refractivity contribution in [2.24, 2.45) is 5.92 Å². The smallest absolute Gasteiger partial charge is 0.243 e. The molecule has 0 bridgehead atoms. The summed E-state index contributed by atoms with van der Waals surface area (Å²) in [5, 5.41) is 2.95. The number of carbonyl (C=O) groups is 1. The molecule has 4 rings (SSSR count). The average Bonchev–Trinajstić information content (AvgIpc) is 3.27. The number of ether oxygens (including phenoxy) is 3. The van der Waals surface area contributed by atoms with Gasteiger partial charge in [-0.15, -0.1) is 0 Å². The lowest BCUT2D eigenvalue weighted by atomic mass is 9.97. The van der Waals surface area contributed by atoms with E-state index in [4.69, 9.17) is 14.2 Å². The summed E-state index contributed by atoms with van der Waals surface area (Å²) in [6.45, 7) is 5.48. The highest BCUT2D eigenvalue weighted by Gasteiger charge is 2.32. The SMILES string of the molecule is CCOc1ccc(S(=O)(=O)N2CCC(C(=O)NCc3ccc4c(c3)OCO4)CC2)cc1C. The zero-order valence-electron chi connectivity index (χ0n) is 18.3. The Morgan fingerprint density at radius 1 is 1.12 bits per heavy atom. The molecular weight excluding hydrogens is 432 g/mol. The Labute approximate surface area is 188 Å². The van der Waals surface area contributed by atoms with Crippen molar-refractivity contribution in [2.75, 3.05) is 26.5 Å². The first kappa shape index (κ1) is 22.4. The molecule has 2 aromatic carbocycles. The fourth-order valence-corrected chi connectivity index (χ4v) is 5.55. The van der Waals surface area contributed by atoms with E-state index in [1.54, 1.807) is 18.2 Å². The van der Waals surface area contributed by atoms with E-state index < -0.39 is 10.0 Å². The summed E-state index contributed by atoms with van der Waals surface area (Å²) >= 11 is 0. The third-order valence-electron chi connectivity index (χ3n) is 5.81. The van der Waals surface area contributed by atoms with E-state index >= 15 is 0 Å². The molecule has 1 N–H and O–H groups in total. The van der Waals surface area contributed by atoms with Crippen molar-refractivity contribution in [3.05, 3.63) is 47.5 Å². The van der Waals surface area contributed by atoms with Crippen molar-refractivity contribution in [1.82, 2.24) is 9.62 Å². The van der Waals surface area contributed by atoms with E-state index in [1.807, 2.05) is 32.0 Å². The third-order valence-corrected chi connectivity index (χ3v) is 7.71. The molecule has 2 aromatic rings. The Kier molecular flexibility index (Phi) is 6.57. The van der Waals surface area contributed by atoms with Gasteiger partial charge in [0.1, 0.15) is 5.75 Å². The number of fused-ring (bicyclic) bond motifs is 1. The normalized spacial score (nSPS) is 16.7. The zero-order chi connectivity index (χ0) is 22.7. The van der Waals surface area contributed by atoms with Gasteiger partial charge in [0, 0.05) is 25.6 Å².